The first-order valence-corrected chi connectivity index (χ1v) is 9.56. The van der Waals surface area contributed by atoms with Crippen molar-refractivity contribution in [2.24, 2.45) is 0 Å². The number of rotatable bonds is 6. The van der Waals surface area contributed by atoms with Crippen LogP contribution < -0.4 is 14.5 Å². The van der Waals surface area contributed by atoms with Crippen LogP contribution in [0.4, 0.5) is 11.4 Å². The number of anilines is 2. The van der Waals surface area contributed by atoms with Crippen molar-refractivity contribution in [3.05, 3.63) is 90.0 Å². The maximum atomic E-state index is 13.2. The normalized spacial score (nSPS) is 12.5. The molecule has 0 aliphatic carbocycles. The molecule has 3 aromatic rings. The van der Waals surface area contributed by atoms with Crippen molar-refractivity contribution in [2.75, 3.05) is 30.0 Å². The van der Waals surface area contributed by atoms with Gasteiger partial charge in [0.2, 0.25) is 5.91 Å². The maximum absolute atomic E-state index is 13.2. The van der Waals surface area contributed by atoms with Gasteiger partial charge < -0.3 is 14.5 Å². The van der Waals surface area contributed by atoms with E-state index in [-0.39, 0.29) is 5.91 Å². The third kappa shape index (κ3) is 3.86. The highest BCUT2D eigenvalue weighted by atomic mass is 16.5. The number of benzene rings is 3. The van der Waals surface area contributed by atoms with Crippen molar-refractivity contribution in [2.45, 2.75) is 13.0 Å². The highest BCUT2D eigenvalue weighted by Gasteiger charge is 2.25. The zero-order valence-corrected chi connectivity index (χ0v) is 16.0. The standard InChI is InChI=1S/C24H24N2O2/c1-28-22-13-11-21(12-14-22)25(17-19-7-3-2-4-8-19)18-24(27)26-16-15-20-9-5-6-10-23(20)26/h2-14H,15-18H2,1H3. The lowest BCUT2D eigenvalue weighted by Gasteiger charge is -2.27. The molecule has 4 nitrogen and oxygen atoms in total. The first-order valence-electron chi connectivity index (χ1n) is 9.56. The Morgan fingerprint density at radius 1 is 0.964 bits per heavy atom. The van der Waals surface area contributed by atoms with E-state index in [9.17, 15) is 4.79 Å². The summed E-state index contributed by atoms with van der Waals surface area (Å²) in [7, 11) is 1.66. The van der Waals surface area contributed by atoms with Gasteiger partial charge >= 0.3 is 0 Å². The summed E-state index contributed by atoms with van der Waals surface area (Å²) < 4.78 is 5.27. The third-order valence-electron chi connectivity index (χ3n) is 5.17. The van der Waals surface area contributed by atoms with Gasteiger partial charge in [-0.2, -0.15) is 0 Å². The Labute approximate surface area is 166 Å². The van der Waals surface area contributed by atoms with E-state index in [0.29, 0.717) is 13.1 Å². The number of hydrogen-bond donors (Lipinski definition) is 0. The van der Waals surface area contributed by atoms with E-state index < -0.39 is 0 Å². The van der Waals surface area contributed by atoms with Crippen molar-refractivity contribution in [1.29, 1.82) is 0 Å². The summed E-state index contributed by atoms with van der Waals surface area (Å²) in [6.45, 7) is 1.75. The van der Waals surface area contributed by atoms with E-state index in [1.165, 1.54) is 11.1 Å². The fourth-order valence-electron chi connectivity index (χ4n) is 3.68. The van der Waals surface area contributed by atoms with E-state index in [0.717, 1.165) is 30.1 Å². The molecule has 4 rings (SSSR count). The van der Waals surface area contributed by atoms with Crippen LogP contribution in [-0.2, 0) is 17.8 Å². The maximum Gasteiger partial charge on any atom is 0.246 e. The Morgan fingerprint density at radius 3 is 2.43 bits per heavy atom. The summed E-state index contributed by atoms with van der Waals surface area (Å²) in [5.41, 5.74) is 4.47. The molecule has 0 atom stereocenters. The molecular formula is C24H24N2O2. The molecule has 4 heteroatoms. The van der Waals surface area contributed by atoms with Crippen molar-refractivity contribution in [3.8, 4) is 5.75 Å². The number of ether oxygens (including phenoxy) is 1. The van der Waals surface area contributed by atoms with Crippen LogP contribution in [0.25, 0.3) is 0 Å². The minimum Gasteiger partial charge on any atom is -0.497 e. The fraction of sp³-hybridized carbons (Fsp3) is 0.208. The molecule has 28 heavy (non-hydrogen) atoms. The molecule has 1 heterocycles. The number of hydrogen-bond acceptors (Lipinski definition) is 3. The predicted molar refractivity (Wildman–Crippen MR) is 113 cm³/mol. The zero-order chi connectivity index (χ0) is 19.3. The van der Waals surface area contributed by atoms with Gasteiger partial charge in [-0.3, -0.25) is 4.79 Å². The lowest BCUT2D eigenvalue weighted by Crippen LogP contribution is -2.39. The quantitative estimate of drug-likeness (QED) is 0.647. The molecule has 142 valence electrons. The molecule has 0 spiro atoms. The second-order valence-corrected chi connectivity index (χ2v) is 6.96. The van der Waals surface area contributed by atoms with Gasteiger partial charge in [0, 0.05) is 24.5 Å². The second kappa shape index (κ2) is 8.17. The lowest BCUT2D eigenvalue weighted by atomic mass is 10.2. The highest BCUT2D eigenvalue weighted by molar-refractivity contribution is 5.98. The molecule has 0 bridgehead atoms. The number of carbonyl (C=O) groups is 1. The average Bonchev–Trinajstić information content (AvgIpc) is 3.18. The molecule has 0 unspecified atom stereocenters. The van der Waals surface area contributed by atoms with Gasteiger partial charge in [0.05, 0.1) is 13.7 Å². The predicted octanol–water partition coefficient (Wildman–Crippen LogP) is 4.29. The first-order chi connectivity index (χ1) is 13.7. The largest absolute Gasteiger partial charge is 0.497 e. The molecule has 0 aromatic heterocycles. The number of amides is 1. The van der Waals surface area contributed by atoms with Gasteiger partial charge in [0.1, 0.15) is 5.75 Å². The van der Waals surface area contributed by atoms with Crippen molar-refractivity contribution >= 4 is 17.3 Å². The SMILES string of the molecule is COc1ccc(N(CC(=O)N2CCc3ccccc32)Cc2ccccc2)cc1. The molecule has 1 aliphatic rings. The van der Waals surface area contributed by atoms with Gasteiger partial charge in [-0.25, -0.2) is 0 Å². The van der Waals surface area contributed by atoms with Crippen LogP contribution in [0.15, 0.2) is 78.9 Å². The van der Waals surface area contributed by atoms with Gasteiger partial charge in [0.25, 0.3) is 0 Å². The van der Waals surface area contributed by atoms with Gasteiger partial charge in [-0.05, 0) is 47.9 Å². The molecule has 0 N–H and O–H groups in total. The van der Waals surface area contributed by atoms with E-state index in [1.54, 1.807) is 7.11 Å². The molecule has 0 fully saturated rings. The Morgan fingerprint density at radius 2 is 1.68 bits per heavy atom. The minimum atomic E-state index is 0.122. The molecule has 1 amide bonds. The van der Waals surface area contributed by atoms with Crippen LogP contribution in [0.5, 0.6) is 5.75 Å². The average molecular weight is 372 g/mol. The lowest BCUT2D eigenvalue weighted by molar-refractivity contribution is -0.117. The third-order valence-corrected chi connectivity index (χ3v) is 5.17. The van der Waals surface area contributed by atoms with Crippen molar-refractivity contribution in [1.82, 2.24) is 0 Å². The Balaban J connectivity index is 1.57. The summed E-state index contributed by atoms with van der Waals surface area (Å²) in [6.07, 6.45) is 0.920. The summed E-state index contributed by atoms with van der Waals surface area (Å²) in [5.74, 6) is 0.930. The molecule has 3 aromatic carbocycles. The summed E-state index contributed by atoms with van der Waals surface area (Å²) in [5, 5.41) is 0. The zero-order valence-electron chi connectivity index (χ0n) is 16.0. The van der Waals surface area contributed by atoms with E-state index in [2.05, 4.69) is 23.1 Å². The summed E-state index contributed by atoms with van der Waals surface area (Å²) in [4.78, 5) is 17.2. The number of methoxy groups -OCH3 is 1. The monoisotopic (exact) mass is 372 g/mol. The van der Waals surface area contributed by atoms with Gasteiger partial charge in [-0.1, -0.05) is 48.5 Å². The van der Waals surface area contributed by atoms with Crippen LogP contribution >= 0.6 is 0 Å². The molecule has 0 saturated carbocycles. The molecule has 0 radical (unpaired) electrons. The van der Waals surface area contributed by atoms with Crippen molar-refractivity contribution < 1.29 is 9.53 Å². The topological polar surface area (TPSA) is 32.8 Å². The molecular weight excluding hydrogens is 348 g/mol. The number of fused-ring (bicyclic) bond motifs is 1. The Hall–Kier alpha value is -3.27. The Bertz CT molecular complexity index is 938. The number of para-hydroxylation sites is 1. The van der Waals surface area contributed by atoms with Crippen molar-refractivity contribution in [3.63, 3.8) is 0 Å². The first kappa shape index (κ1) is 18.1. The highest BCUT2D eigenvalue weighted by Crippen LogP contribution is 2.28. The second-order valence-electron chi connectivity index (χ2n) is 6.96. The molecule has 0 saturated heterocycles. The van der Waals surface area contributed by atoms with E-state index in [1.807, 2.05) is 65.6 Å². The van der Waals surface area contributed by atoms with Crippen LogP contribution in [0.3, 0.4) is 0 Å². The number of carbonyl (C=O) groups excluding carboxylic acids is 1. The van der Waals surface area contributed by atoms with Crippen LogP contribution in [-0.4, -0.2) is 26.1 Å². The van der Waals surface area contributed by atoms with E-state index in [4.69, 9.17) is 4.74 Å². The Kier molecular flexibility index (Phi) is 5.29. The fourth-order valence-corrected chi connectivity index (χ4v) is 3.68. The van der Waals surface area contributed by atoms with Crippen LogP contribution in [0, 0.1) is 0 Å². The molecule has 1 aliphatic heterocycles. The van der Waals surface area contributed by atoms with E-state index >= 15 is 0 Å². The number of nitrogens with zero attached hydrogens (tertiary/aromatic N) is 2. The smallest absolute Gasteiger partial charge is 0.246 e. The minimum absolute atomic E-state index is 0.122. The summed E-state index contributed by atoms with van der Waals surface area (Å²) >= 11 is 0. The van der Waals surface area contributed by atoms with Crippen LogP contribution in [0.1, 0.15) is 11.1 Å². The van der Waals surface area contributed by atoms with Crippen LogP contribution in [0.2, 0.25) is 0 Å². The van der Waals surface area contributed by atoms with Gasteiger partial charge in [0.15, 0.2) is 0 Å². The van der Waals surface area contributed by atoms with Gasteiger partial charge in [-0.15, -0.1) is 0 Å². The summed E-state index contributed by atoms with van der Waals surface area (Å²) in [6, 6.07) is 26.3.